The van der Waals surface area contributed by atoms with E-state index < -0.39 is 11.8 Å². The first-order chi connectivity index (χ1) is 14.9. The number of hydrogen-bond donors (Lipinski definition) is 2. The first-order valence-corrected chi connectivity index (χ1v) is 11.1. The summed E-state index contributed by atoms with van der Waals surface area (Å²) in [5.74, 6) is -0.0403. The predicted octanol–water partition coefficient (Wildman–Crippen LogP) is 4.98. The smallest absolute Gasteiger partial charge is 0.300 e. The molecule has 1 saturated heterocycles. The number of aliphatic carboxylic acids is 1. The number of hydrogen-bond acceptors (Lipinski definition) is 4. The van der Waals surface area contributed by atoms with Crippen molar-refractivity contribution in [3.05, 3.63) is 64.9 Å². The van der Waals surface area contributed by atoms with Crippen molar-refractivity contribution in [3.63, 3.8) is 0 Å². The van der Waals surface area contributed by atoms with Crippen molar-refractivity contribution in [3.8, 4) is 5.75 Å². The zero-order chi connectivity index (χ0) is 22.2. The molecule has 1 heterocycles. The molecule has 0 aromatic heterocycles. The Hall–Kier alpha value is -1.86. The van der Waals surface area contributed by atoms with Crippen LogP contribution in [-0.2, 0) is 4.79 Å². The van der Waals surface area contributed by atoms with Crippen LogP contribution in [0.15, 0.2) is 48.5 Å². The molecule has 1 aliphatic carbocycles. The number of rotatable bonds is 7. The largest absolute Gasteiger partial charge is 0.492 e. The summed E-state index contributed by atoms with van der Waals surface area (Å²) < 4.78 is 19.1. The van der Waals surface area contributed by atoms with Gasteiger partial charge in [-0.1, -0.05) is 41.9 Å². The molecule has 176 valence electrons. The monoisotopic (exact) mass is 484 g/mol. The van der Waals surface area contributed by atoms with E-state index in [0.29, 0.717) is 30.4 Å². The van der Waals surface area contributed by atoms with E-state index in [1.54, 1.807) is 6.07 Å². The fourth-order valence-electron chi connectivity index (χ4n) is 3.93. The highest BCUT2D eigenvalue weighted by atomic mass is 35.5. The highest BCUT2D eigenvalue weighted by Gasteiger charge is 2.39. The van der Waals surface area contributed by atoms with E-state index in [1.165, 1.54) is 37.0 Å². The maximum absolute atomic E-state index is 13.4. The molecule has 1 aliphatic heterocycles. The summed E-state index contributed by atoms with van der Waals surface area (Å²) >= 11 is 5.69. The number of ether oxygens (including phenoxy) is 1. The molecule has 0 unspecified atom stereocenters. The fourth-order valence-corrected chi connectivity index (χ4v) is 4.05. The third kappa shape index (κ3) is 8.58. The van der Waals surface area contributed by atoms with Gasteiger partial charge in [-0.05, 0) is 50.0 Å². The minimum Gasteiger partial charge on any atom is -0.492 e. The molecule has 32 heavy (non-hydrogen) atoms. The fraction of sp³-hybridized carbons (Fsp3) is 0.458. The number of halogens is 3. The number of nitrogens with one attached hydrogen (secondary N) is 1. The van der Waals surface area contributed by atoms with E-state index in [9.17, 15) is 4.39 Å². The van der Waals surface area contributed by atoms with E-state index in [2.05, 4.69) is 40.5 Å². The zero-order valence-corrected chi connectivity index (χ0v) is 19.7. The SMILES string of the molecule is CC(=O)O.Cl.Fc1cc(OCCN2CCC(N[C@@H]3C[C@H]3c3ccccc3)CC2)ccc1Cl. The van der Waals surface area contributed by atoms with Crippen LogP contribution in [0.4, 0.5) is 4.39 Å². The molecule has 2 aromatic carbocycles. The number of carbonyl (C=O) groups is 1. The van der Waals surface area contributed by atoms with Gasteiger partial charge in [-0.3, -0.25) is 9.69 Å². The second kappa shape index (κ2) is 13.0. The number of carboxylic acid groups (broad SMARTS) is 1. The highest BCUT2D eigenvalue weighted by Crippen LogP contribution is 2.41. The van der Waals surface area contributed by atoms with Gasteiger partial charge < -0.3 is 15.2 Å². The van der Waals surface area contributed by atoms with Crippen molar-refractivity contribution in [1.82, 2.24) is 10.2 Å². The van der Waals surface area contributed by atoms with Crippen LogP contribution in [0.2, 0.25) is 5.02 Å². The summed E-state index contributed by atoms with van der Waals surface area (Å²) in [5.41, 5.74) is 1.46. The van der Waals surface area contributed by atoms with Gasteiger partial charge in [0.25, 0.3) is 5.97 Å². The van der Waals surface area contributed by atoms with Gasteiger partial charge in [-0.2, -0.15) is 0 Å². The summed E-state index contributed by atoms with van der Waals surface area (Å²) in [5, 5.41) is 11.4. The van der Waals surface area contributed by atoms with E-state index in [-0.39, 0.29) is 17.4 Å². The molecule has 2 aliphatic rings. The molecule has 2 N–H and O–H groups in total. The lowest BCUT2D eigenvalue weighted by Gasteiger charge is -2.32. The number of nitrogens with zero attached hydrogens (tertiary/aromatic N) is 1. The van der Waals surface area contributed by atoms with Crippen LogP contribution in [0.1, 0.15) is 37.7 Å². The molecule has 1 saturated carbocycles. The van der Waals surface area contributed by atoms with Gasteiger partial charge >= 0.3 is 0 Å². The van der Waals surface area contributed by atoms with Gasteiger partial charge in [0.1, 0.15) is 18.2 Å². The maximum Gasteiger partial charge on any atom is 0.300 e. The van der Waals surface area contributed by atoms with Crippen LogP contribution >= 0.6 is 24.0 Å². The molecule has 2 atom stereocenters. The molecule has 0 bridgehead atoms. The van der Waals surface area contributed by atoms with Crippen molar-refractivity contribution in [2.24, 2.45) is 0 Å². The van der Waals surface area contributed by atoms with Gasteiger partial charge in [0.2, 0.25) is 0 Å². The Balaban J connectivity index is 0.000000672. The van der Waals surface area contributed by atoms with Crippen molar-refractivity contribution in [2.75, 3.05) is 26.2 Å². The van der Waals surface area contributed by atoms with Gasteiger partial charge in [0.05, 0.1) is 5.02 Å². The van der Waals surface area contributed by atoms with Gasteiger partial charge in [0.15, 0.2) is 0 Å². The summed E-state index contributed by atoms with van der Waals surface area (Å²) in [6, 6.07) is 16.7. The van der Waals surface area contributed by atoms with Crippen molar-refractivity contribution >= 4 is 30.0 Å². The summed E-state index contributed by atoms with van der Waals surface area (Å²) in [6.45, 7) is 4.68. The molecule has 2 fully saturated rings. The van der Waals surface area contributed by atoms with Crippen LogP contribution < -0.4 is 10.1 Å². The average Bonchev–Trinajstić information content (AvgIpc) is 3.51. The van der Waals surface area contributed by atoms with E-state index >= 15 is 0 Å². The number of likely N-dealkylation sites (tertiary alicyclic amines) is 1. The predicted molar refractivity (Wildman–Crippen MR) is 128 cm³/mol. The third-order valence-electron chi connectivity index (χ3n) is 5.62. The highest BCUT2D eigenvalue weighted by molar-refractivity contribution is 6.30. The molecule has 2 aromatic rings. The van der Waals surface area contributed by atoms with Crippen LogP contribution in [0, 0.1) is 5.82 Å². The second-order valence-electron chi connectivity index (χ2n) is 8.09. The Kier molecular flexibility index (Phi) is 10.7. The van der Waals surface area contributed by atoms with Crippen LogP contribution in [0.25, 0.3) is 0 Å². The Morgan fingerprint density at radius 1 is 1.22 bits per heavy atom. The van der Waals surface area contributed by atoms with Gasteiger partial charge in [-0.25, -0.2) is 4.39 Å². The summed E-state index contributed by atoms with van der Waals surface area (Å²) in [7, 11) is 0. The second-order valence-corrected chi connectivity index (χ2v) is 8.49. The molecular formula is C24H31Cl2FN2O3. The summed E-state index contributed by atoms with van der Waals surface area (Å²) in [6.07, 6.45) is 3.61. The lowest BCUT2D eigenvalue weighted by Crippen LogP contribution is -2.44. The van der Waals surface area contributed by atoms with Crippen molar-refractivity contribution in [1.29, 1.82) is 0 Å². The van der Waals surface area contributed by atoms with E-state index in [0.717, 1.165) is 26.6 Å². The van der Waals surface area contributed by atoms with Gasteiger partial charge in [0, 0.05) is 37.5 Å². The molecule has 4 rings (SSSR count). The quantitative estimate of drug-likeness (QED) is 0.579. The molecule has 5 nitrogen and oxygen atoms in total. The number of carboxylic acids is 1. The topological polar surface area (TPSA) is 61.8 Å². The molecule has 0 spiro atoms. The van der Waals surface area contributed by atoms with E-state index in [1.807, 2.05) is 0 Å². The standard InChI is InChI=1S/C22H26ClFN2O.C2H4O2.ClH/c23-20-7-6-18(14-21(20)24)27-13-12-26-10-8-17(9-11-26)25-22-15-19(22)16-4-2-1-3-5-16;1-2(3)4;/h1-7,14,17,19,22,25H,8-13,15H2;1H3,(H,3,4);1H/t19-,22+;;/m0../s1. The number of benzene rings is 2. The Labute approximate surface area is 200 Å². The molecule has 0 radical (unpaired) electrons. The minimum atomic E-state index is -0.833. The summed E-state index contributed by atoms with van der Waals surface area (Å²) in [4.78, 5) is 11.4. The Morgan fingerprint density at radius 3 is 2.50 bits per heavy atom. The minimum absolute atomic E-state index is 0. The van der Waals surface area contributed by atoms with Crippen molar-refractivity contribution in [2.45, 2.75) is 44.2 Å². The third-order valence-corrected chi connectivity index (χ3v) is 5.93. The normalized spacial score (nSPS) is 20.5. The van der Waals surface area contributed by atoms with Crippen molar-refractivity contribution < 1.29 is 19.0 Å². The first-order valence-electron chi connectivity index (χ1n) is 10.7. The lowest BCUT2D eigenvalue weighted by atomic mass is 10.0. The average molecular weight is 485 g/mol. The molecule has 8 heteroatoms. The number of piperidine rings is 1. The Morgan fingerprint density at radius 2 is 1.88 bits per heavy atom. The molecular weight excluding hydrogens is 454 g/mol. The Bertz CT molecular complexity index is 844. The van der Waals surface area contributed by atoms with Crippen LogP contribution in [0.5, 0.6) is 5.75 Å². The van der Waals surface area contributed by atoms with Crippen LogP contribution in [-0.4, -0.2) is 54.3 Å². The zero-order valence-electron chi connectivity index (χ0n) is 18.2. The molecule has 0 amide bonds. The van der Waals surface area contributed by atoms with Crippen LogP contribution in [0.3, 0.4) is 0 Å². The maximum atomic E-state index is 13.4. The first kappa shape index (κ1) is 26.4. The van der Waals surface area contributed by atoms with E-state index in [4.69, 9.17) is 26.2 Å². The van der Waals surface area contributed by atoms with Gasteiger partial charge in [-0.15, -0.1) is 12.4 Å². The lowest BCUT2D eigenvalue weighted by molar-refractivity contribution is -0.134.